The van der Waals surface area contributed by atoms with Crippen molar-refractivity contribution in [3.8, 4) is 0 Å². The second-order valence-corrected chi connectivity index (χ2v) is 4.39. The van der Waals surface area contributed by atoms with Gasteiger partial charge in [-0.25, -0.2) is 4.79 Å². The van der Waals surface area contributed by atoms with Gasteiger partial charge in [0.15, 0.2) is 0 Å². The first kappa shape index (κ1) is 14.3. The molecule has 15 heavy (non-hydrogen) atoms. The number of esters is 1. The highest BCUT2D eigenvalue weighted by Crippen LogP contribution is 2.25. The van der Waals surface area contributed by atoms with Crippen LogP contribution >= 0.6 is 0 Å². The lowest BCUT2D eigenvalue weighted by molar-refractivity contribution is -0.184. The van der Waals surface area contributed by atoms with Crippen LogP contribution in [-0.4, -0.2) is 29.2 Å². The summed E-state index contributed by atoms with van der Waals surface area (Å²) in [5, 5.41) is 8.43. The highest BCUT2D eigenvalue weighted by Gasteiger charge is 2.41. The lowest BCUT2D eigenvalue weighted by atomic mass is 10.1. The zero-order valence-electron chi connectivity index (χ0n) is 9.35. The molecule has 0 spiro atoms. The van der Waals surface area contributed by atoms with E-state index in [1.54, 1.807) is 0 Å². The number of alkyl halides is 2. The van der Waals surface area contributed by atoms with Crippen molar-refractivity contribution in [2.75, 3.05) is 6.61 Å². The third kappa shape index (κ3) is 6.38. The van der Waals surface area contributed by atoms with E-state index in [1.807, 2.05) is 0 Å². The maximum Gasteiger partial charge on any atom is 0.377 e. The van der Waals surface area contributed by atoms with Gasteiger partial charge in [0.25, 0.3) is 0 Å². The summed E-state index contributed by atoms with van der Waals surface area (Å²) < 4.78 is 30.8. The first-order valence-corrected chi connectivity index (χ1v) is 4.91. The monoisotopic (exact) mass is 224 g/mol. The maximum atomic E-state index is 13.1. The lowest BCUT2D eigenvalue weighted by Gasteiger charge is -2.23. The molecular weight excluding hydrogens is 206 g/mol. The normalized spacial score (nSPS) is 12.7. The average molecular weight is 224 g/mol. The topological polar surface area (TPSA) is 46.5 Å². The Labute approximate surface area is 88.4 Å². The fourth-order valence-electron chi connectivity index (χ4n) is 0.914. The van der Waals surface area contributed by atoms with E-state index in [9.17, 15) is 13.6 Å². The van der Waals surface area contributed by atoms with E-state index in [0.717, 1.165) is 0 Å². The SMILES string of the molecule is CC(C)(C)OC(=O)C(F)(F)CCCCO. The molecule has 0 saturated carbocycles. The Kier molecular flexibility index (Phi) is 5.14. The Bertz CT molecular complexity index is 209. The lowest BCUT2D eigenvalue weighted by Crippen LogP contribution is -2.36. The third-order valence-corrected chi connectivity index (χ3v) is 1.60. The molecule has 5 heteroatoms. The second kappa shape index (κ2) is 5.39. The summed E-state index contributed by atoms with van der Waals surface area (Å²) in [7, 11) is 0. The number of hydrogen-bond acceptors (Lipinski definition) is 3. The number of carbonyl (C=O) groups is 1. The van der Waals surface area contributed by atoms with Crippen LogP contribution in [0.3, 0.4) is 0 Å². The molecule has 0 atom stereocenters. The summed E-state index contributed by atoms with van der Waals surface area (Å²) in [6.07, 6.45) is -0.219. The average Bonchev–Trinajstić information content (AvgIpc) is 2.01. The van der Waals surface area contributed by atoms with Crippen LogP contribution in [0.1, 0.15) is 40.0 Å². The van der Waals surface area contributed by atoms with E-state index >= 15 is 0 Å². The van der Waals surface area contributed by atoms with Crippen molar-refractivity contribution in [3.63, 3.8) is 0 Å². The highest BCUT2D eigenvalue weighted by molar-refractivity contribution is 5.77. The number of hydrogen-bond donors (Lipinski definition) is 1. The van der Waals surface area contributed by atoms with Gasteiger partial charge in [0.05, 0.1) is 0 Å². The molecule has 0 aliphatic carbocycles. The smallest absolute Gasteiger partial charge is 0.377 e. The molecule has 0 aromatic heterocycles. The second-order valence-electron chi connectivity index (χ2n) is 4.39. The van der Waals surface area contributed by atoms with Gasteiger partial charge in [0.2, 0.25) is 0 Å². The van der Waals surface area contributed by atoms with Crippen molar-refractivity contribution in [2.45, 2.75) is 51.6 Å². The van der Waals surface area contributed by atoms with E-state index in [4.69, 9.17) is 5.11 Å². The summed E-state index contributed by atoms with van der Waals surface area (Å²) >= 11 is 0. The molecule has 0 rings (SSSR count). The van der Waals surface area contributed by atoms with Crippen LogP contribution in [0.5, 0.6) is 0 Å². The van der Waals surface area contributed by atoms with Gasteiger partial charge in [-0.3, -0.25) is 0 Å². The van der Waals surface area contributed by atoms with E-state index < -0.39 is 23.9 Å². The predicted molar refractivity (Wildman–Crippen MR) is 51.7 cm³/mol. The summed E-state index contributed by atoms with van der Waals surface area (Å²) in [5.41, 5.74) is -0.905. The van der Waals surface area contributed by atoms with E-state index in [2.05, 4.69) is 4.74 Å². The van der Waals surface area contributed by atoms with Crippen LogP contribution in [-0.2, 0) is 9.53 Å². The van der Waals surface area contributed by atoms with Gasteiger partial charge in [-0.15, -0.1) is 0 Å². The van der Waals surface area contributed by atoms with Crippen molar-refractivity contribution < 1.29 is 23.4 Å². The molecule has 0 unspecified atom stereocenters. The molecule has 0 aromatic carbocycles. The Hall–Kier alpha value is -0.710. The van der Waals surface area contributed by atoms with Gasteiger partial charge in [0, 0.05) is 13.0 Å². The number of unbranched alkanes of at least 4 members (excludes halogenated alkanes) is 1. The zero-order chi connectivity index (χ0) is 12.1. The van der Waals surface area contributed by atoms with Gasteiger partial charge < -0.3 is 9.84 Å². The fourth-order valence-corrected chi connectivity index (χ4v) is 0.914. The molecule has 0 aromatic rings. The number of halogens is 2. The Morgan fingerprint density at radius 2 is 1.80 bits per heavy atom. The van der Waals surface area contributed by atoms with Gasteiger partial charge in [0.1, 0.15) is 5.60 Å². The van der Waals surface area contributed by atoms with Crippen LogP contribution in [0.2, 0.25) is 0 Å². The molecule has 0 fully saturated rings. The van der Waals surface area contributed by atoms with E-state index in [0.29, 0.717) is 0 Å². The van der Waals surface area contributed by atoms with Crippen molar-refractivity contribution in [2.24, 2.45) is 0 Å². The maximum absolute atomic E-state index is 13.1. The minimum Gasteiger partial charge on any atom is -0.456 e. The summed E-state index contributed by atoms with van der Waals surface area (Å²) in [4.78, 5) is 11.0. The Morgan fingerprint density at radius 3 is 2.20 bits per heavy atom. The van der Waals surface area contributed by atoms with Gasteiger partial charge in [-0.1, -0.05) is 0 Å². The van der Waals surface area contributed by atoms with Crippen LogP contribution in [0, 0.1) is 0 Å². The number of rotatable bonds is 5. The molecule has 90 valence electrons. The molecule has 0 heterocycles. The number of aliphatic hydroxyl groups excluding tert-OH is 1. The fraction of sp³-hybridized carbons (Fsp3) is 0.900. The molecular formula is C10H18F2O3. The third-order valence-electron chi connectivity index (χ3n) is 1.60. The Morgan fingerprint density at radius 1 is 1.27 bits per heavy atom. The summed E-state index contributed by atoms with van der Waals surface area (Å²) in [6, 6.07) is 0. The summed E-state index contributed by atoms with van der Waals surface area (Å²) in [5.74, 6) is -4.95. The van der Waals surface area contributed by atoms with Crippen molar-refractivity contribution in [1.29, 1.82) is 0 Å². The van der Waals surface area contributed by atoms with Crippen molar-refractivity contribution >= 4 is 5.97 Å². The van der Waals surface area contributed by atoms with Crippen molar-refractivity contribution in [3.05, 3.63) is 0 Å². The number of aliphatic hydroxyl groups is 1. The number of carbonyl (C=O) groups excluding carboxylic acids is 1. The molecule has 1 N–H and O–H groups in total. The molecule has 0 aliphatic heterocycles. The molecule has 0 radical (unpaired) electrons. The van der Waals surface area contributed by atoms with Gasteiger partial charge in [-0.05, 0) is 33.6 Å². The molecule has 0 amide bonds. The van der Waals surface area contributed by atoms with Crippen LogP contribution in [0.15, 0.2) is 0 Å². The van der Waals surface area contributed by atoms with Crippen LogP contribution < -0.4 is 0 Å². The number of ether oxygens (including phenoxy) is 1. The van der Waals surface area contributed by atoms with Gasteiger partial charge >= 0.3 is 11.9 Å². The molecule has 0 saturated heterocycles. The minimum atomic E-state index is -3.46. The quantitative estimate of drug-likeness (QED) is 0.574. The van der Waals surface area contributed by atoms with Crippen molar-refractivity contribution in [1.82, 2.24) is 0 Å². The first-order valence-electron chi connectivity index (χ1n) is 4.91. The molecule has 3 nitrogen and oxygen atoms in total. The Balaban J connectivity index is 4.14. The molecule has 0 aliphatic rings. The van der Waals surface area contributed by atoms with Crippen LogP contribution in [0.25, 0.3) is 0 Å². The van der Waals surface area contributed by atoms with Gasteiger partial charge in [-0.2, -0.15) is 8.78 Å². The predicted octanol–water partition coefficient (Wildman–Crippen LogP) is 2.13. The minimum absolute atomic E-state index is 0.0999. The largest absolute Gasteiger partial charge is 0.456 e. The first-order chi connectivity index (χ1) is 6.69. The van der Waals surface area contributed by atoms with E-state index in [1.165, 1.54) is 20.8 Å². The van der Waals surface area contributed by atoms with Crippen LogP contribution in [0.4, 0.5) is 8.78 Å². The summed E-state index contributed by atoms with van der Waals surface area (Å²) in [6.45, 7) is 4.46. The zero-order valence-corrected chi connectivity index (χ0v) is 9.35. The molecule has 0 bridgehead atoms. The standard InChI is InChI=1S/C10H18F2O3/c1-9(2,3)15-8(14)10(11,12)6-4-5-7-13/h13H,4-7H2,1-3H3. The highest BCUT2D eigenvalue weighted by atomic mass is 19.3. The van der Waals surface area contributed by atoms with E-state index in [-0.39, 0.29) is 19.4 Å².